The first-order valence-corrected chi connectivity index (χ1v) is 4.97. The summed E-state index contributed by atoms with van der Waals surface area (Å²) in [5, 5.41) is 2.78. The molecule has 2 rings (SSSR count). The van der Waals surface area contributed by atoms with Crippen LogP contribution in [0.25, 0.3) is 0 Å². The quantitative estimate of drug-likeness (QED) is 0.742. The first kappa shape index (κ1) is 9.77. The SMILES string of the molecule is CC=CC(=O)NC1Cc2ccccc2O1. The minimum Gasteiger partial charge on any atom is -0.470 e. The van der Waals surface area contributed by atoms with E-state index in [1.54, 1.807) is 6.08 Å². The first-order valence-electron chi connectivity index (χ1n) is 4.97. The van der Waals surface area contributed by atoms with Gasteiger partial charge >= 0.3 is 0 Å². The predicted molar refractivity (Wildman–Crippen MR) is 57.5 cm³/mol. The van der Waals surface area contributed by atoms with E-state index < -0.39 is 0 Å². The number of fused-ring (bicyclic) bond motifs is 1. The number of ether oxygens (including phenoxy) is 1. The second kappa shape index (κ2) is 4.17. The number of allylic oxidation sites excluding steroid dienone is 1. The van der Waals surface area contributed by atoms with Crippen molar-refractivity contribution in [3.8, 4) is 5.75 Å². The molecule has 0 radical (unpaired) electrons. The largest absolute Gasteiger partial charge is 0.470 e. The van der Waals surface area contributed by atoms with E-state index in [-0.39, 0.29) is 12.1 Å². The highest BCUT2D eigenvalue weighted by molar-refractivity contribution is 5.87. The topological polar surface area (TPSA) is 38.3 Å². The Kier molecular flexibility index (Phi) is 2.72. The summed E-state index contributed by atoms with van der Waals surface area (Å²) >= 11 is 0. The van der Waals surface area contributed by atoms with Gasteiger partial charge in [-0.1, -0.05) is 24.3 Å². The number of carbonyl (C=O) groups is 1. The highest BCUT2D eigenvalue weighted by atomic mass is 16.5. The van der Waals surface area contributed by atoms with E-state index >= 15 is 0 Å². The molecular formula is C12H13NO2. The standard InChI is InChI=1S/C12H13NO2/c1-2-5-11(14)13-12-8-9-6-3-4-7-10(9)15-12/h2-7,12H,8H2,1H3,(H,13,14). The van der Waals surface area contributed by atoms with Crippen molar-refractivity contribution in [2.45, 2.75) is 19.6 Å². The van der Waals surface area contributed by atoms with Crippen molar-refractivity contribution in [2.75, 3.05) is 0 Å². The maximum Gasteiger partial charge on any atom is 0.246 e. The summed E-state index contributed by atoms with van der Waals surface area (Å²) in [7, 11) is 0. The van der Waals surface area contributed by atoms with Crippen LogP contribution < -0.4 is 10.1 Å². The Balaban J connectivity index is 1.99. The Labute approximate surface area is 88.8 Å². The maximum atomic E-state index is 11.3. The van der Waals surface area contributed by atoms with Crippen LogP contribution in [-0.4, -0.2) is 12.1 Å². The van der Waals surface area contributed by atoms with Gasteiger partial charge in [0.25, 0.3) is 0 Å². The van der Waals surface area contributed by atoms with E-state index in [2.05, 4.69) is 5.32 Å². The molecule has 0 spiro atoms. The lowest BCUT2D eigenvalue weighted by Gasteiger charge is -2.10. The van der Waals surface area contributed by atoms with Gasteiger partial charge in [0.05, 0.1) is 0 Å². The van der Waals surface area contributed by atoms with E-state index in [1.165, 1.54) is 6.08 Å². The van der Waals surface area contributed by atoms with Gasteiger partial charge in [0.15, 0.2) is 6.23 Å². The minimum absolute atomic E-state index is 0.115. The van der Waals surface area contributed by atoms with Crippen LogP contribution in [0.15, 0.2) is 36.4 Å². The van der Waals surface area contributed by atoms with Gasteiger partial charge in [-0.2, -0.15) is 0 Å². The highest BCUT2D eigenvalue weighted by Gasteiger charge is 2.22. The fourth-order valence-corrected chi connectivity index (χ4v) is 1.62. The van der Waals surface area contributed by atoms with Crippen LogP contribution in [0.4, 0.5) is 0 Å². The molecule has 1 aromatic carbocycles. The smallest absolute Gasteiger partial charge is 0.246 e. The molecule has 1 heterocycles. The molecule has 0 aliphatic carbocycles. The molecule has 1 aliphatic rings. The molecule has 15 heavy (non-hydrogen) atoms. The zero-order valence-electron chi connectivity index (χ0n) is 8.57. The van der Waals surface area contributed by atoms with Crippen LogP contribution in [0, 0.1) is 0 Å². The molecule has 1 unspecified atom stereocenters. The normalized spacial score (nSPS) is 18.6. The number of para-hydroxylation sites is 1. The molecule has 0 bridgehead atoms. The number of hydrogen-bond donors (Lipinski definition) is 1. The van der Waals surface area contributed by atoms with Gasteiger partial charge in [-0.25, -0.2) is 0 Å². The summed E-state index contributed by atoms with van der Waals surface area (Å²) in [6.07, 6.45) is 3.70. The van der Waals surface area contributed by atoms with Crippen LogP contribution in [-0.2, 0) is 11.2 Å². The molecule has 1 N–H and O–H groups in total. The molecule has 0 fully saturated rings. The summed E-state index contributed by atoms with van der Waals surface area (Å²) in [6.45, 7) is 1.81. The Bertz CT molecular complexity index is 373. The van der Waals surface area contributed by atoms with E-state index in [1.807, 2.05) is 31.2 Å². The van der Waals surface area contributed by atoms with Crippen molar-refractivity contribution < 1.29 is 9.53 Å². The van der Waals surface area contributed by atoms with Crippen molar-refractivity contribution >= 4 is 5.91 Å². The zero-order valence-corrected chi connectivity index (χ0v) is 8.57. The minimum atomic E-state index is -0.230. The second-order valence-corrected chi connectivity index (χ2v) is 3.43. The van der Waals surface area contributed by atoms with Gasteiger partial charge in [0.2, 0.25) is 5.91 Å². The van der Waals surface area contributed by atoms with Crippen LogP contribution in [0.2, 0.25) is 0 Å². The van der Waals surface area contributed by atoms with Gasteiger partial charge in [-0.15, -0.1) is 0 Å². The molecule has 0 saturated heterocycles. The zero-order chi connectivity index (χ0) is 10.7. The number of amides is 1. The van der Waals surface area contributed by atoms with Crippen molar-refractivity contribution in [3.05, 3.63) is 42.0 Å². The lowest BCUT2D eigenvalue weighted by atomic mass is 10.1. The number of benzene rings is 1. The van der Waals surface area contributed by atoms with Gasteiger partial charge in [0.1, 0.15) is 5.75 Å². The van der Waals surface area contributed by atoms with Gasteiger partial charge < -0.3 is 10.1 Å². The first-order chi connectivity index (χ1) is 7.29. The molecule has 3 heteroatoms. The molecule has 0 aromatic heterocycles. The van der Waals surface area contributed by atoms with Gasteiger partial charge in [-0.05, 0) is 24.6 Å². The average Bonchev–Trinajstić information content (AvgIpc) is 2.59. The molecule has 1 atom stereocenters. The van der Waals surface area contributed by atoms with Crippen LogP contribution in [0.1, 0.15) is 12.5 Å². The molecule has 78 valence electrons. The number of rotatable bonds is 2. The van der Waals surface area contributed by atoms with Crippen molar-refractivity contribution in [1.29, 1.82) is 0 Å². The summed E-state index contributed by atoms with van der Waals surface area (Å²) < 4.78 is 5.56. The Morgan fingerprint density at radius 3 is 3.07 bits per heavy atom. The van der Waals surface area contributed by atoms with Crippen LogP contribution >= 0.6 is 0 Å². The predicted octanol–water partition coefficient (Wildman–Crippen LogP) is 1.64. The summed E-state index contributed by atoms with van der Waals surface area (Å²) in [4.78, 5) is 11.3. The Morgan fingerprint density at radius 2 is 2.33 bits per heavy atom. The summed E-state index contributed by atoms with van der Waals surface area (Å²) in [6, 6.07) is 7.82. The van der Waals surface area contributed by atoms with E-state index in [0.29, 0.717) is 0 Å². The maximum absolute atomic E-state index is 11.3. The van der Waals surface area contributed by atoms with Gasteiger partial charge in [-0.3, -0.25) is 4.79 Å². The molecule has 1 aromatic rings. The molecular weight excluding hydrogens is 190 g/mol. The molecule has 0 saturated carbocycles. The fraction of sp³-hybridized carbons (Fsp3) is 0.250. The van der Waals surface area contributed by atoms with E-state index in [4.69, 9.17) is 4.74 Å². The average molecular weight is 203 g/mol. The lowest BCUT2D eigenvalue weighted by molar-refractivity contribution is -0.118. The number of carbonyl (C=O) groups excluding carboxylic acids is 1. The lowest BCUT2D eigenvalue weighted by Crippen LogP contribution is -2.36. The fourth-order valence-electron chi connectivity index (χ4n) is 1.62. The van der Waals surface area contributed by atoms with Crippen molar-refractivity contribution in [3.63, 3.8) is 0 Å². The molecule has 1 amide bonds. The molecule has 1 aliphatic heterocycles. The third-order valence-electron chi connectivity index (χ3n) is 2.27. The summed E-state index contributed by atoms with van der Waals surface area (Å²) in [5.41, 5.74) is 1.14. The second-order valence-electron chi connectivity index (χ2n) is 3.43. The Morgan fingerprint density at radius 1 is 1.53 bits per heavy atom. The third kappa shape index (κ3) is 2.18. The van der Waals surface area contributed by atoms with Crippen LogP contribution in [0.5, 0.6) is 5.75 Å². The summed E-state index contributed by atoms with van der Waals surface area (Å²) in [5.74, 6) is 0.749. The van der Waals surface area contributed by atoms with Crippen molar-refractivity contribution in [2.24, 2.45) is 0 Å². The highest BCUT2D eigenvalue weighted by Crippen LogP contribution is 2.26. The Hall–Kier alpha value is -1.77. The van der Waals surface area contributed by atoms with E-state index in [9.17, 15) is 4.79 Å². The van der Waals surface area contributed by atoms with E-state index in [0.717, 1.165) is 17.7 Å². The van der Waals surface area contributed by atoms with Crippen molar-refractivity contribution in [1.82, 2.24) is 5.32 Å². The number of nitrogens with one attached hydrogen (secondary N) is 1. The monoisotopic (exact) mass is 203 g/mol. The van der Waals surface area contributed by atoms with Gasteiger partial charge in [0, 0.05) is 6.42 Å². The number of hydrogen-bond acceptors (Lipinski definition) is 2. The molecule has 3 nitrogen and oxygen atoms in total. The van der Waals surface area contributed by atoms with Crippen LogP contribution in [0.3, 0.4) is 0 Å². The third-order valence-corrected chi connectivity index (χ3v) is 2.27.